The molecule has 0 bridgehead atoms. The van der Waals surface area contributed by atoms with E-state index in [9.17, 15) is 0 Å². The zero-order valence-electron chi connectivity index (χ0n) is 45.7. The van der Waals surface area contributed by atoms with Gasteiger partial charge in [-0.3, -0.25) is 0 Å². The van der Waals surface area contributed by atoms with Gasteiger partial charge in [-0.05, 0) is 153 Å². The molecular weight excluding hydrogens is 901 g/mol. The predicted octanol–water partition coefficient (Wildman–Crippen LogP) is 21.4. The molecular formula is C70H68N2O2. The Hall–Kier alpha value is -7.56. The van der Waals surface area contributed by atoms with Crippen molar-refractivity contribution >= 4 is 110 Å². The average Bonchev–Trinajstić information content (AvgIpc) is 3.95. The molecule has 0 fully saturated rings. The Morgan fingerprint density at radius 1 is 0.351 bits per heavy atom. The lowest BCUT2D eigenvalue weighted by Crippen LogP contribution is -2.18. The highest BCUT2D eigenvalue weighted by Crippen LogP contribution is 2.55. The molecule has 12 rings (SSSR count). The summed E-state index contributed by atoms with van der Waals surface area (Å²) in [4.78, 5) is 5.12. The fourth-order valence-electron chi connectivity index (χ4n) is 12.0. The molecule has 2 aromatic heterocycles. The van der Waals surface area contributed by atoms with Crippen LogP contribution in [0.1, 0.15) is 126 Å². The number of para-hydroxylation sites is 2. The van der Waals surface area contributed by atoms with Crippen LogP contribution in [0.3, 0.4) is 0 Å². The molecule has 0 aliphatic rings. The monoisotopic (exact) mass is 969 g/mol. The number of fused-ring (bicyclic) bond motifs is 6. The minimum Gasteiger partial charge on any atom is -0.454 e. The molecule has 0 aliphatic heterocycles. The fourth-order valence-corrected chi connectivity index (χ4v) is 12.0. The van der Waals surface area contributed by atoms with E-state index in [1.54, 1.807) is 0 Å². The Morgan fingerprint density at radius 2 is 0.703 bits per heavy atom. The first-order valence-corrected chi connectivity index (χ1v) is 26.7. The van der Waals surface area contributed by atoms with Crippen LogP contribution in [0.4, 0.5) is 34.1 Å². The molecule has 2 heterocycles. The lowest BCUT2D eigenvalue weighted by atomic mass is 9.83. The maximum absolute atomic E-state index is 7.04. The third-order valence-corrected chi connectivity index (χ3v) is 16.2. The van der Waals surface area contributed by atoms with E-state index in [-0.39, 0.29) is 22.7 Å². The minimum atomic E-state index is -0.0778. The molecule has 0 spiro atoms. The van der Waals surface area contributed by atoms with Crippen molar-refractivity contribution in [2.45, 2.75) is 120 Å². The molecule has 0 amide bonds. The van der Waals surface area contributed by atoms with Crippen molar-refractivity contribution in [3.05, 3.63) is 190 Å². The molecule has 4 heteroatoms. The van der Waals surface area contributed by atoms with Gasteiger partial charge in [-0.2, -0.15) is 0 Å². The Kier molecular flexibility index (Phi) is 10.9. The van der Waals surface area contributed by atoms with Crippen LogP contribution in [0.15, 0.2) is 154 Å². The second-order valence-corrected chi connectivity index (χ2v) is 23.9. The van der Waals surface area contributed by atoms with Gasteiger partial charge >= 0.3 is 0 Å². The summed E-state index contributed by atoms with van der Waals surface area (Å²) < 4.78 is 14.1. The number of rotatable bonds is 8. The summed E-state index contributed by atoms with van der Waals surface area (Å²) in [6.45, 7) is 32.3. The maximum atomic E-state index is 7.04. The van der Waals surface area contributed by atoms with Crippen LogP contribution in [0, 0.1) is 27.7 Å². The van der Waals surface area contributed by atoms with Crippen LogP contribution >= 0.6 is 0 Å². The van der Waals surface area contributed by atoms with Crippen LogP contribution in [-0.4, -0.2) is 0 Å². The zero-order valence-corrected chi connectivity index (χ0v) is 45.7. The van der Waals surface area contributed by atoms with E-state index in [1.807, 2.05) is 0 Å². The van der Waals surface area contributed by atoms with E-state index in [4.69, 9.17) is 8.83 Å². The van der Waals surface area contributed by atoms with Crippen molar-refractivity contribution in [1.29, 1.82) is 0 Å². The van der Waals surface area contributed by atoms with E-state index in [0.29, 0.717) is 0 Å². The van der Waals surface area contributed by atoms with Gasteiger partial charge in [0.15, 0.2) is 11.2 Å². The molecule has 10 aromatic carbocycles. The largest absolute Gasteiger partial charge is 0.454 e. The third kappa shape index (κ3) is 7.30. The molecule has 0 saturated carbocycles. The topological polar surface area (TPSA) is 32.8 Å². The van der Waals surface area contributed by atoms with Crippen LogP contribution < -0.4 is 9.80 Å². The number of nitrogens with zero attached hydrogens (tertiary/aromatic N) is 2. The van der Waals surface area contributed by atoms with Crippen molar-refractivity contribution in [2.24, 2.45) is 0 Å². The van der Waals surface area contributed by atoms with Crippen molar-refractivity contribution in [3.63, 3.8) is 0 Å². The van der Waals surface area contributed by atoms with Crippen LogP contribution in [0.5, 0.6) is 0 Å². The Bertz CT molecular complexity index is 3950. The average molecular weight is 969 g/mol. The van der Waals surface area contributed by atoms with Crippen LogP contribution in [0.25, 0.3) is 76.2 Å². The third-order valence-electron chi connectivity index (χ3n) is 16.2. The summed E-state index contributed by atoms with van der Waals surface area (Å²) in [6.07, 6.45) is 0. The molecule has 12 aromatic rings. The second kappa shape index (κ2) is 17.0. The molecule has 370 valence electrons. The summed E-state index contributed by atoms with van der Waals surface area (Å²) in [5.74, 6) is 0.448. The first kappa shape index (κ1) is 47.4. The van der Waals surface area contributed by atoms with Gasteiger partial charge in [0, 0.05) is 43.7 Å². The standard InChI is InChI=1S/C70H68N2O2/c1-39(2)55-37-59(71(57-35-45(69(9,10)11)27-23-41(57)5)65-43(7)25-29-51-47-19-15-17-21-61(47)73-67(51)65)53-34-32-50-56(40(3)4)38-60(54-33-31-49(55)63(53)64(50)54)72(58-36-46(70(12,13)14)28-24-42(58)6)66-44(8)26-30-52-48-20-16-18-22-62(48)74-68(52)66/h15-40H,1-14H3. The molecule has 0 N–H and O–H groups in total. The SMILES string of the molecule is Cc1ccc(C(C)(C)C)cc1N(c1cc(C(C)C)c2ccc3c(N(c4cc(C(C)(C)C)ccc4C)c4c(C)ccc5c4oc4ccccc45)cc(C(C)C)c4ccc1c2c43)c1c(C)ccc2c1oc1ccccc12. The highest BCUT2D eigenvalue weighted by atomic mass is 16.3. The summed E-state index contributed by atoms with van der Waals surface area (Å²) in [5.41, 5.74) is 20.0. The summed E-state index contributed by atoms with van der Waals surface area (Å²) in [5, 5.41) is 12.0. The summed E-state index contributed by atoms with van der Waals surface area (Å²) in [7, 11) is 0. The highest BCUT2D eigenvalue weighted by Gasteiger charge is 2.32. The number of hydrogen-bond acceptors (Lipinski definition) is 4. The Labute approximate surface area is 436 Å². The normalized spacial score (nSPS) is 12.7. The van der Waals surface area contributed by atoms with Gasteiger partial charge < -0.3 is 18.6 Å². The molecule has 0 unspecified atom stereocenters. The number of anilines is 6. The van der Waals surface area contributed by atoms with Crippen molar-refractivity contribution < 1.29 is 8.83 Å². The summed E-state index contributed by atoms with van der Waals surface area (Å²) >= 11 is 0. The fraction of sp³-hybridized carbons (Fsp3) is 0.257. The van der Waals surface area contributed by atoms with Crippen molar-refractivity contribution in [2.75, 3.05) is 9.80 Å². The van der Waals surface area contributed by atoms with Crippen molar-refractivity contribution in [3.8, 4) is 0 Å². The molecule has 0 aliphatic carbocycles. The maximum Gasteiger partial charge on any atom is 0.159 e. The first-order chi connectivity index (χ1) is 35.3. The number of furan rings is 2. The van der Waals surface area contributed by atoms with E-state index >= 15 is 0 Å². The van der Waals surface area contributed by atoms with Gasteiger partial charge in [-0.15, -0.1) is 0 Å². The van der Waals surface area contributed by atoms with E-state index in [2.05, 4.69) is 252 Å². The zero-order chi connectivity index (χ0) is 51.9. The van der Waals surface area contributed by atoms with E-state index in [1.165, 1.54) is 65.7 Å². The van der Waals surface area contributed by atoms with Gasteiger partial charge in [0.05, 0.1) is 22.7 Å². The number of benzene rings is 10. The van der Waals surface area contributed by atoms with Gasteiger partial charge in [0.2, 0.25) is 0 Å². The molecule has 74 heavy (non-hydrogen) atoms. The molecule has 4 nitrogen and oxygen atoms in total. The van der Waals surface area contributed by atoms with Gasteiger partial charge in [-0.25, -0.2) is 0 Å². The summed E-state index contributed by atoms with van der Waals surface area (Å²) in [6, 6.07) is 54.8. The van der Waals surface area contributed by atoms with Crippen LogP contribution in [0.2, 0.25) is 0 Å². The first-order valence-electron chi connectivity index (χ1n) is 26.7. The molecule has 0 atom stereocenters. The molecule has 0 radical (unpaired) electrons. The van der Waals surface area contributed by atoms with Crippen LogP contribution in [-0.2, 0) is 10.8 Å². The number of hydrogen-bond donors (Lipinski definition) is 0. The lowest BCUT2D eigenvalue weighted by Gasteiger charge is -2.34. The predicted molar refractivity (Wildman–Crippen MR) is 319 cm³/mol. The van der Waals surface area contributed by atoms with Gasteiger partial charge in [0.25, 0.3) is 0 Å². The quantitative estimate of drug-likeness (QED) is 0.142. The highest BCUT2D eigenvalue weighted by molar-refractivity contribution is 6.30. The molecule has 0 saturated heterocycles. The second-order valence-electron chi connectivity index (χ2n) is 23.9. The van der Waals surface area contributed by atoms with E-state index in [0.717, 1.165) is 89.1 Å². The van der Waals surface area contributed by atoms with Gasteiger partial charge in [0.1, 0.15) is 11.2 Å². The van der Waals surface area contributed by atoms with Gasteiger partial charge in [-0.1, -0.05) is 178 Å². The number of aryl methyl sites for hydroxylation is 4. The van der Waals surface area contributed by atoms with Crippen molar-refractivity contribution in [1.82, 2.24) is 0 Å². The minimum absolute atomic E-state index is 0.0778. The smallest absolute Gasteiger partial charge is 0.159 e. The Balaban J connectivity index is 1.25. The lowest BCUT2D eigenvalue weighted by molar-refractivity contribution is 0.590. The van der Waals surface area contributed by atoms with E-state index < -0.39 is 0 Å². The Morgan fingerprint density at radius 3 is 1.08 bits per heavy atom.